The molecule has 0 N–H and O–H groups in total. The van der Waals surface area contributed by atoms with E-state index in [2.05, 4.69) is 5.16 Å². The lowest BCUT2D eigenvalue weighted by molar-refractivity contribution is -0.139. The molecule has 7 heteroatoms. The van der Waals surface area contributed by atoms with Gasteiger partial charge in [-0.3, -0.25) is 4.28 Å². The van der Waals surface area contributed by atoms with Crippen LogP contribution in [0.1, 0.15) is 25.0 Å². The van der Waals surface area contributed by atoms with E-state index >= 15 is 0 Å². The number of esters is 1. The lowest BCUT2D eigenvalue weighted by Crippen LogP contribution is -2.23. The summed E-state index contributed by atoms with van der Waals surface area (Å²) < 4.78 is 34.3. The summed E-state index contributed by atoms with van der Waals surface area (Å²) in [5.41, 5.74) is 1.09. The van der Waals surface area contributed by atoms with Gasteiger partial charge in [0.2, 0.25) is 0 Å². The summed E-state index contributed by atoms with van der Waals surface area (Å²) in [4.78, 5) is 12.2. The third-order valence-electron chi connectivity index (χ3n) is 3.12. The first-order valence-corrected chi connectivity index (χ1v) is 9.05. The zero-order chi connectivity index (χ0) is 18.4. The number of carbonyl (C=O) groups excluding carboxylic acids is 1. The summed E-state index contributed by atoms with van der Waals surface area (Å²) in [6, 6.07) is 14.5. The molecule has 0 radical (unpaired) electrons. The van der Waals surface area contributed by atoms with Crippen molar-refractivity contribution in [2.45, 2.75) is 31.8 Å². The normalized spacial score (nSPS) is 12.1. The molecule has 0 saturated carbocycles. The molecule has 132 valence electrons. The first kappa shape index (κ1) is 18.7. The summed E-state index contributed by atoms with van der Waals surface area (Å²) in [5, 5.41) is 3.57. The zero-order valence-corrected chi connectivity index (χ0v) is 15.0. The van der Waals surface area contributed by atoms with Crippen molar-refractivity contribution in [2.75, 3.05) is 0 Å². The maximum Gasteiger partial charge on any atom is 0.361 e. The molecular formula is C18H19NO5S. The maximum absolute atomic E-state index is 12.2. The SMILES string of the molecule is Cc1ccc(S(=O)(=O)O/N=C(/C(=O)OC(C)C)c2ccccc2)cc1. The Morgan fingerprint density at radius 1 is 1.00 bits per heavy atom. The molecule has 0 aliphatic carbocycles. The Hall–Kier alpha value is -2.67. The van der Waals surface area contributed by atoms with Gasteiger partial charge >= 0.3 is 16.1 Å². The van der Waals surface area contributed by atoms with Gasteiger partial charge in [-0.1, -0.05) is 53.2 Å². The molecule has 2 aromatic carbocycles. The first-order chi connectivity index (χ1) is 11.8. The molecule has 0 aliphatic rings. The lowest BCUT2D eigenvalue weighted by Gasteiger charge is -2.10. The van der Waals surface area contributed by atoms with E-state index in [0.29, 0.717) is 5.56 Å². The molecule has 6 nitrogen and oxygen atoms in total. The predicted octanol–water partition coefficient (Wildman–Crippen LogP) is 3.06. The fraction of sp³-hybridized carbons (Fsp3) is 0.222. The number of rotatable bonds is 6. The molecule has 0 saturated heterocycles. The van der Waals surface area contributed by atoms with Gasteiger partial charge in [0.15, 0.2) is 5.71 Å². The summed E-state index contributed by atoms with van der Waals surface area (Å²) in [5.74, 6) is -0.764. The van der Waals surface area contributed by atoms with Crippen LogP contribution in [-0.2, 0) is 23.9 Å². The van der Waals surface area contributed by atoms with Crippen molar-refractivity contribution in [1.29, 1.82) is 0 Å². The molecule has 0 spiro atoms. The monoisotopic (exact) mass is 361 g/mol. The van der Waals surface area contributed by atoms with Gasteiger partial charge in [0.1, 0.15) is 4.90 Å². The summed E-state index contributed by atoms with van der Waals surface area (Å²) in [6.45, 7) is 5.21. The standard InChI is InChI=1S/C18H19NO5S/c1-13(2)23-18(20)17(15-7-5-4-6-8-15)19-24-25(21,22)16-11-9-14(3)10-12-16/h4-13H,1-3H3/b19-17+. The third kappa shape index (κ3) is 5.15. The van der Waals surface area contributed by atoms with Gasteiger partial charge in [-0.2, -0.15) is 8.42 Å². The van der Waals surface area contributed by atoms with E-state index in [1.165, 1.54) is 12.1 Å². The fourth-order valence-corrected chi connectivity index (χ4v) is 2.64. The number of hydrogen-bond donors (Lipinski definition) is 0. The van der Waals surface area contributed by atoms with Crippen LogP contribution in [0.5, 0.6) is 0 Å². The van der Waals surface area contributed by atoms with Crippen molar-refractivity contribution < 1.29 is 22.2 Å². The van der Waals surface area contributed by atoms with Crippen LogP contribution >= 0.6 is 0 Å². The summed E-state index contributed by atoms with van der Waals surface area (Å²) >= 11 is 0. The van der Waals surface area contributed by atoms with E-state index in [1.807, 2.05) is 6.92 Å². The highest BCUT2D eigenvalue weighted by Gasteiger charge is 2.21. The maximum atomic E-state index is 12.2. The van der Waals surface area contributed by atoms with Crippen molar-refractivity contribution in [3.05, 3.63) is 65.7 Å². The quantitative estimate of drug-likeness (QED) is 0.449. The lowest BCUT2D eigenvalue weighted by atomic mass is 10.1. The molecule has 0 amide bonds. The van der Waals surface area contributed by atoms with Gasteiger partial charge in [-0.05, 0) is 32.9 Å². The zero-order valence-electron chi connectivity index (χ0n) is 14.2. The minimum absolute atomic E-state index is 0.0495. The second-order valence-corrected chi connectivity index (χ2v) is 7.13. The van der Waals surface area contributed by atoms with Gasteiger partial charge in [0.25, 0.3) is 0 Å². The van der Waals surface area contributed by atoms with Crippen LogP contribution in [0.15, 0.2) is 64.6 Å². The Balaban J connectivity index is 2.34. The molecule has 0 aromatic heterocycles. The second-order valence-electron chi connectivity index (χ2n) is 5.60. The van der Waals surface area contributed by atoms with Crippen LogP contribution < -0.4 is 0 Å². The second kappa shape index (κ2) is 7.94. The number of carbonyl (C=O) groups is 1. The average Bonchev–Trinajstić information content (AvgIpc) is 2.55. The van der Waals surface area contributed by atoms with Crippen LogP contribution in [0.25, 0.3) is 0 Å². The van der Waals surface area contributed by atoms with E-state index in [9.17, 15) is 13.2 Å². The fourth-order valence-electron chi connectivity index (χ4n) is 1.91. The third-order valence-corrected chi connectivity index (χ3v) is 4.24. The molecule has 0 fully saturated rings. The predicted molar refractivity (Wildman–Crippen MR) is 93.7 cm³/mol. The molecule has 25 heavy (non-hydrogen) atoms. The Bertz CT molecular complexity index is 856. The largest absolute Gasteiger partial charge is 0.458 e. The van der Waals surface area contributed by atoms with Crippen LogP contribution in [-0.4, -0.2) is 26.2 Å². The van der Waals surface area contributed by atoms with Crippen molar-refractivity contribution >= 4 is 21.8 Å². The Morgan fingerprint density at radius 2 is 1.60 bits per heavy atom. The Labute approximate surface area is 147 Å². The van der Waals surface area contributed by atoms with E-state index in [4.69, 9.17) is 9.02 Å². The molecule has 0 bridgehead atoms. The van der Waals surface area contributed by atoms with Crippen LogP contribution in [0.4, 0.5) is 0 Å². The number of nitrogens with zero attached hydrogens (tertiary/aromatic N) is 1. The van der Waals surface area contributed by atoms with Crippen molar-refractivity contribution in [1.82, 2.24) is 0 Å². The van der Waals surface area contributed by atoms with Crippen LogP contribution in [0.2, 0.25) is 0 Å². The smallest absolute Gasteiger partial charge is 0.361 e. The number of hydrogen-bond acceptors (Lipinski definition) is 6. The average molecular weight is 361 g/mol. The summed E-state index contributed by atoms with van der Waals surface area (Å²) in [6.07, 6.45) is -0.380. The number of oxime groups is 1. The summed E-state index contributed by atoms with van der Waals surface area (Å²) in [7, 11) is -4.14. The highest BCUT2D eigenvalue weighted by Crippen LogP contribution is 2.15. The van der Waals surface area contributed by atoms with E-state index in [1.54, 1.807) is 56.3 Å². The van der Waals surface area contributed by atoms with Gasteiger partial charge in [0.05, 0.1) is 6.10 Å². The van der Waals surface area contributed by atoms with Gasteiger partial charge < -0.3 is 4.74 Å². The highest BCUT2D eigenvalue weighted by molar-refractivity contribution is 7.86. The van der Waals surface area contributed by atoms with Crippen LogP contribution in [0, 0.1) is 6.92 Å². The minimum Gasteiger partial charge on any atom is -0.458 e. The number of ether oxygens (including phenoxy) is 1. The van der Waals surface area contributed by atoms with Crippen LogP contribution in [0.3, 0.4) is 0 Å². The molecule has 0 unspecified atom stereocenters. The Morgan fingerprint density at radius 3 is 2.16 bits per heavy atom. The molecule has 2 aromatic rings. The van der Waals surface area contributed by atoms with E-state index in [-0.39, 0.29) is 16.7 Å². The highest BCUT2D eigenvalue weighted by atomic mass is 32.2. The minimum atomic E-state index is -4.14. The Kier molecular flexibility index (Phi) is 5.93. The molecule has 0 heterocycles. The van der Waals surface area contributed by atoms with Gasteiger partial charge in [-0.15, -0.1) is 0 Å². The number of aryl methyl sites for hydroxylation is 1. The van der Waals surface area contributed by atoms with Crippen molar-refractivity contribution in [3.63, 3.8) is 0 Å². The molecule has 0 atom stereocenters. The number of benzene rings is 2. The van der Waals surface area contributed by atoms with Gasteiger partial charge in [0, 0.05) is 5.56 Å². The van der Waals surface area contributed by atoms with E-state index in [0.717, 1.165) is 5.56 Å². The van der Waals surface area contributed by atoms with Crippen molar-refractivity contribution in [2.24, 2.45) is 5.16 Å². The van der Waals surface area contributed by atoms with Gasteiger partial charge in [-0.25, -0.2) is 4.79 Å². The van der Waals surface area contributed by atoms with Crippen molar-refractivity contribution in [3.8, 4) is 0 Å². The molecule has 0 aliphatic heterocycles. The van der Waals surface area contributed by atoms with E-state index < -0.39 is 16.1 Å². The molecule has 2 rings (SSSR count). The molecular weight excluding hydrogens is 342 g/mol. The first-order valence-electron chi connectivity index (χ1n) is 7.64. The topological polar surface area (TPSA) is 82.0 Å².